The summed E-state index contributed by atoms with van der Waals surface area (Å²) in [4.78, 5) is 4.68. The van der Waals surface area contributed by atoms with Crippen molar-refractivity contribution in [1.29, 1.82) is 0 Å². The number of ether oxygens (including phenoxy) is 1. The van der Waals surface area contributed by atoms with Gasteiger partial charge in [0.15, 0.2) is 0 Å². The van der Waals surface area contributed by atoms with Gasteiger partial charge in [0.25, 0.3) is 0 Å². The van der Waals surface area contributed by atoms with E-state index in [0.29, 0.717) is 6.61 Å². The van der Waals surface area contributed by atoms with Crippen LogP contribution in [0.1, 0.15) is 23.9 Å². The van der Waals surface area contributed by atoms with Crippen molar-refractivity contribution >= 4 is 11.0 Å². The number of rotatable bonds is 4. The molecule has 1 heterocycles. The Morgan fingerprint density at radius 1 is 1.10 bits per heavy atom. The van der Waals surface area contributed by atoms with Crippen molar-refractivity contribution in [2.24, 2.45) is 0 Å². The summed E-state index contributed by atoms with van der Waals surface area (Å²) in [5, 5.41) is 0. The Morgan fingerprint density at radius 2 is 1.90 bits per heavy atom. The third-order valence-corrected chi connectivity index (χ3v) is 3.74. The highest BCUT2D eigenvalue weighted by Gasteiger charge is 2.10. The number of aryl methyl sites for hydroxylation is 3. The van der Waals surface area contributed by atoms with Crippen LogP contribution in [0.3, 0.4) is 0 Å². The molecule has 3 nitrogen and oxygen atoms in total. The predicted octanol–water partition coefficient (Wildman–Crippen LogP) is 4.25. The summed E-state index contributed by atoms with van der Waals surface area (Å²) in [6.07, 6.45) is 0. The van der Waals surface area contributed by atoms with Crippen molar-refractivity contribution in [3.05, 3.63) is 59.4 Å². The van der Waals surface area contributed by atoms with Crippen molar-refractivity contribution in [2.45, 2.75) is 33.9 Å². The van der Waals surface area contributed by atoms with E-state index in [0.717, 1.165) is 29.2 Å². The zero-order valence-electron chi connectivity index (χ0n) is 12.8. The monoisotopic (exact) mass is 280 g/mol. The maximum atomic E-state index is 5.97. The van der Waals surface area contributed by atoms with E-state index >= 15 is 0 Å². The van der Waals surface area contributed by atoms with Crippen molar-refractivity contribution < 1.29 is 4.74 Å². The molecule has 0 aliphatic carbocycles. The molecule has 3 aromatic rings. The first-order valence-corrected chi connectivity index (χ1v) is 7.33. The number of imidazole rings is 1. The number of aromatic nitrogens is 2. The van der Waals surface area contributed by atoms with Crippen molar-refractivity contribution in [3.8, 4) is 5.75 Å². The highest BCUT2D eigenvalue weighted by atomic mass is 16.5. The maximum Gasteiger partial charge on any atom is 0.147 e. The van der Waals surface area contributed by atoms with Crippen molar-refractivity contribution in [2.75, 3.05) is 0 Å². The quantitative estimate of drug-likeness (QED) is 0.714. The molecular formula is C18H20N2O. The summed E-state index contributed by atoms with van der Waals surface area (Å²) in [6.45, 7) is 7.69. The van der Waals surface area contributed by atoms with E-state index in [1.807, 2.05) is 24.3 Å². The van der Waals surface area contributed by atoms with Gasteiger partial charge in [0.1, 0.15) is 18.2 Å². The van der Waals surface area contributed by atoms with E-state index < -0.39 is 0 Å². The topological polar surface area (TPSA) is 27.1 Å². The standard InChI is InChI=1S/C18H20N2O/c1-4-20-16-8-6-5-7-15(16)19-18(20)12-21-17-10-9-13(2)11-14(17)3/h5-11H,4,12H2,1-3H3. The number of fused-ring (bicyclic) bond motifs is 1. The summed E-state index contributed by atoms with van der Waals surface area (Å²) < 4.78 is 8.17. The van der Waals surface area contributed by atoms with Crippen LogP contribution in [0, 0.1) is 13.8 Å². The molecule has 0 saturated heterocycles. The molecule has 0 radical (unpaired) electrons. The Morgan fingerprint density at radius 3 is 2.67 bits per heavy atom. The lowest BCUT2D eigenvalue weighted by Crippen LogP contribution is -2.06. The van der Waals surface area contributed by atoms with Gasteiger partial charge >= 0.3 is 0 Å². The summed E-state index contributed by atoms with van der Waals surface area (Å²) in [5.74, 6) is 1.90. The highest BCUT2D eigenvalue weighted by Crippen LogP contribution is 2.21. The van der Waals surface area contributed by atoms with Crippen LogP contribution in [0.15, 0.2) is 42.5 Å². The highest BCUT2D eigenvalue weighted by molar-refractivity contribution is 5.75. The number of benzene rings is 2. The van der Waals surface area contributed by atoms with Crippen molar-refractivity contribution in [3.63, 3.8) is 0 Å². The molecule has 0 aliphatic heterocycles. The van der Waals surface area contributed by atoms with E-state index in [4.69, 9.17) is 4.74 Å². The molecule has 0 amide bonds. The summed E-state index contributed by atoms with van der Waals surface area (Å²) in [6, 6.07) is 14.5. The van der Waals surface area contributed by atoms with Gasteiger partial charge in [0, 0.05) is 6.54 Å². The number of hydrogen-bond acceptors (Lipinski definition) is 2. The molecule has 0 unspecified atom stereocenters. The molecule has 108 valence electrons. The molecule has 0 atom stereocenters. The van der Waals surface area contributed by atoms with Crippen LogP contribution in [0.4, 0.5) is 0 Å². The second kappa shape index (κ2) is 5.60. The zero-order chi connectivity index (χ0) is 14.8. The molecule has 0 spiro atoms. The van der Waals surface area contributed by atoms with E-state index in [1.54, 1.807) is 0 Å². The van der Waals surface area contributed by atoms with Gasteiger partial charge in [-0.15, -0.1) is 0 Å². The molecule has 0 N–H and O–H groups in total. The fraction of sp³-hybridized carbons (Fsp3) is 0.278. The van der Waals surface area contributed by atoms with Gasteiger partial charge < -0.3 is 9.30 Å². The van der Waals surface area contributed by atoms with E-state index in [1.165, 1.54) is 11.1 Å². The van der Waals surface area contributed by atoms with E-state index in [9.17, 15) is 0 Å². The Kier molecular flexibility index (Phi) is 3.65. The van der Waals surface area contributed by atoms with Crippen LogP contribution >= 0.6 is 0 Å². The number of para-hydroxylation sites is 2. The van der Waals surface area contributed by atoms with Crippen LogP contribution in [0.2, 0.25) is 0 Å². The lowest BCUT2D eigenvalue weighted by atomic mass is 10.1. The molecule has 1 aromatic heterocycles. The average Bonchev–Trinajstić information content (AvgIpc) is 2.83. The van der Waals surface area contributed by atoms with Crippen LogP contribution in [0.5, 0.6) is 5.75 Å². The predicted molar refractivity (Wildman–Crippen MR) is 85.7 cm³/mol. The minimum Gasteiger partial charge on any atom is -0.485 e. The van der Waals surface area contributed by atoms with Gasteiger partial charge in [-0.25, -0.2) is 4.98 Å². The molecular weight excluding hydrogens is 260 g/mol. The molecule has 0 aliphatic rings. The van der Waals surface area contributed by atoms with Gasteiger partial charge in [-0.1, -0.05) is 29.8 Å². The number of hydrogen-bond donors (Lipinski definition) is 0. The molecule has 0 bridgehead atoms. The Bertz CT molecular complexity index is 774. The zero-order valence-corrected chi connectivity index (χ0v) is 12.8. The van der Waals surface area contributed by atoms with Gasteiger partial charge in [-0.2, -0.15) is 0 Å². The largest absolute Gasteiger partial charge is 0.485 e. The maximum absolute atomic E-state index is 5.97. The minimum absolute atomic E-state index is 0.492. The SMILES string of the molecule is CCn1c(COc2ccc(C)cc2C)nc2ccccc21. The smallest absolute Gasteiger partial charge is 0.147 e. The summed E-state index contributed by atoms with van der Waals surface area (Å²) in [7, 11) is 0. The van der Waals surface area contributed by atoms with Gasteiger partial charge in [-0.05, 0) is 44.5 Å². The van der Waals surface area contributed by atoms with E-state index in [-0.39, 0.29) is 0 Å². The first kappa shape index (κ1) is 13.7. The molecule has 2 aromatic carbocycles. The summed E-state index contributed by atoms with van der Waals surface area (Å²) >= 11 is 0. The van der Waals surface area contributed by atoms with Crippen LogP contribution in [-0.4, -0.2) is 9.55 Å². The fourth-order valence-electron chi connectivity index (χ4n) is 2.69. The van der Waals surface area contributed by atoms with E-state index in [2.05, 4.69) is 48.5 Å². The third kappa shape index (κ3) is 2.64. The fourth-order valence-corrected chi connectivity index (χ4v) is 2.69. The minimum atomic E-state index is 0.492. The molecule has 3 rings (SSSR count). The Balaban J connectivity index is 1.88. The second-order valence-corrected chi connectivity index (χ2v) is 5.32. The Labute approximate surface area is 125 Å². The van der Waals surface area contributed by atoms with Gasteiger partial charge in [0.05, 0.1) is 11.0 Å². The van der Waals surface area contributed by atoms with Gasteiger partial charge in [-0.3, -0.25) is 0 Å². The number of nitrogens with zero attached hydrogens (tertiary/aromatic N) is 2. The van der Waals surface area contributed by atoms with Gasteiger partial charge in [0.2, 0.25) is 0 Å². The average molecular weight is 280 g/mol. The molecule has 21 heavy (non-hydrogen) atoms. The lowest BCUT2D eigenvalue weighted by Gasteiger charge is -2.10. The normalized spacial score (nSPS) is 11.0. The third-order valence-electron chi connectivity index (χ3n) is 3.74. The van der Waals surface area contributed by atoms with Crippen molar-refractivity contribution in [1.82, 2.24) is 9.55 Å². The molecule has 3 heteroatoms. The van der Waals surface area contributed by atoms with Crippen LogP contribution in [0.25, 0.3) is 11.0 Å². The Hall–Kier alpha value is -2.29. The molecule has 0 fully saturated rings. The summed E-state index contributed by atoms with van der Waals surface area (Å²) in [5.41, 5.74) is 4.60. The first-order chi connectivity index (χ1) is 10.2. The first-order valence-electron chi connectivity index (χ1n) is 7.33. The second-order valence-electron chi connectivity index (χ2n) is 5.32. The van der Waals surface area contributed by atoms with Crippen LogP contribution in [-0.2, 0) is 13.2 Å². The lowest BCUT2D eigenvalue weighted by molar-refractivity contribution is 0.289. The van der Waals surface area contributed by atoms with Crippen LogP contribution < -0.4 is 4.74 Å². The molecule has 0 saturated carbocycles.